The van der Waals surface area contributed by atoms with E-state index in [0.717, 1.165) is 16.8 Å². The Balaban J connectivity index is 2.50. The highest BCUT2D eigenvalue weighted by Gasteiger charge is 2.26. The van der Waals surface area contributed by atoms with Crippen LogP contribution in [0.2, 0.25) is 0 Å². The molecule has 1 heterocycles. The number of hydrogen-bond acceptors (Lipinski definition) is 2. The summed E-state index contributed by atoms with van der Waals surface area (Å²) < 4.78 is 1.78. The maximum atomic E-state index is 10.7. The predicted octanol–water partition coefficient (Wildman–Crippen LogP) is 3.42. The summed E-state index contributed by atoms with van der Waals surface area (Å²) in [5, 5.41) is 15.3. The van der Waals surface area contributed by atoms with Crippen molar-refractivity contribution < 1.29 is 5.11 Å². The van der Waals surface area contributed by atoms with Crippen LogP contribution < -0.4 is 0 Å². The minimum atomic E-state index is -0.628. The van der Waals surface area contributed by atoms with Crippen LogP contribution in [0.5, 0.6) is 0 Å². The van der Waals surface area contributed by atoms with E-state index in [0.29, 0.717) is 0 Å². The lowest BCUT2D eigenvalue weighted by atomic mass is 9.86. The van der Waals surface area contributed by atoms with E-state index in [4.69, 9.17) is 0 Å². The van der Waals surface area contributed by atoms with Gasteiger partial charge >= 0.3 is 0 Å². The molecular formula is C17H24N2O. The molecule has 3 heteroatoms. The molecular weight excluding hydrogens is 248 g/mol. The maximum absolute atomic E-state index is 10.7. The first-order valence-electron chi connectivity index (χ1n) is 6.99. The average molecular weight is 272 g/mol. The number of aryl methyl sites for hydroxylation is 3. The molecule has 108 valence electrons. The van der Waals surface area contributed by atoms with Gasteiger partial charge in [0.05, 0.1) is 5.69 Å². The Kier molecular flexibility index (Phi) is 3.74. The maximum Gasteiger partial charge on any atom is 0.107 e. The van der Waals surface area contributed by atoms with Gasteiger partial charge in [-0.2, -0.15) is 5.10 Å². The van der Waals surface area contributed by atoms with E-state index in [-0.39, 0.29) is 5.41 Å². The van der Waals surface area contributed by atoms with Gasteiger partial charge < -0.3 is 5.11 Å². The Bertz CT molecular complexity index is 600. The van der Waals surface area contributed by atoms with Crippen LogP contribution in [0.25, 0.3) is 0 Å². The standard InChI is InChI=1S/C17H24N2O/c1-11-7-12(2)9-13(8-11)15(20)14-10-19(6)18-16(14)17(3,4)5/h7-10,15,20H,1-6H3. The molecule has 1 aromatic carbocycles. The topological polar surface area (TPSA) is 38.0 Å². The Labute approximate surface area is 121 Å². The predicted molar refractivity (Wildman–Crippen MR) is 81.9 cm³/mol. The summed E-state index contributed by atoms with van der Waals surface area (Å²) in [5.74, 6) is 0. The largest absolute Gasteiger partial charge is 0.384 e. The monoisotopic (exact) mass is 272 g/mol. The molecule has 0 aliphatic carbocycles. The molecule has 0 bridgehead atoms. The lowest BCUT2D eigenvalue weighted by Gasteiger charge is -2.20. The van der Waals surface area contributed by atoms with Gasteiger partial charge in [-0.15, -0.1) is 0 Å². The van der Waals surface area contributed by atoms with Gasteiger partial charge in [-0.05, 0) is 19.4 Å². The SMILES string of the molecule is Cc1cc(C)cc(C(O)c2cn(C)nc2C(C)(C)C)c1. The highest BCUT2D eigenvalue weighted by molar-refractivity contribution is 5.38. The van der Waals surface area contributed by atoms with Gasteiger partial charge in [-0.1, -0.05) is 50.1 Å². The highest BCUT2D eigenvalue weighted by Crippen LogP contribution is 2.32. The van der Waals surface area contributed by atoms with Crippen LogP contribution in [0, 0.1) is 13.8 Å². The second-order valence-corrected chi connectivity index (χ2v) is 6.68. The molecule has 1 unspecified atom stereocenters. The molecule has 20 heavy (non-hydrogen) atoms. The van der Waals surface area contributed by atoms with Crippen molar-refractivity contribution in [2.45, 2.75) is 46.1 Å². The third-order valence-corrected chi connectivity index (χ3v) is 3.42. The van der Waals surface area contributed by atoms with Crippen molar-refractivity contribution in [2.75, 3.05) is 0 Å². The van der Waals surface area contributed by atoms with Crippen molar-refractivity contribution in [2.24, 2.45) is 7.05 Å². The molecule has 0 fully saturated rings. The first-order chi connectivity index (χ1) is 9.18. The minimum Gasteiger partial charge on any atom is -0.384 e. The van der Waals surface area contributed by atoms with Crippen molar-refractivity contribution in [1.82, 2.24) is 9.78 Å². The number of aliphatic hydroxyl groups excluding tert-OH is 1. The molecule has 3 nitrogen and oxygen atoms in total. The number of hydrogen-bond donors (Lipinski definition) is 1. The quantitative estimate of drug-likeness (QED) is 0.909. The third kappa shape index (κ3) is 2.93. The number of benzene rings is 1. The molecule has 0 aliphatic rings. The summed E-state index contributed by atoms with van der Waals surface area (Å²) >= 11 is 0. The first kappa shape index (κ1) is 14.8. The summed E-state index contributed by atoms with van der Waals surface area (Å²) in [5.41, 5.74) is 5.02. The molecule has 0 spiro atoms. The van der Waals surface area contributed by atoms with Gasteiger partial charge in [0, 0.05) is 24.2 Å². The summed E-state index contributed by atoms with van der Waals surface area (Å²) in [6.45, 7) is 10.5. The van der Waals surface area contributed by atoms with Gasteiger partial charge in [0.15, 0.2) is 0 Å². The number of aliphatic hydroxyl groups is 1. The number of rotatable bonds is 2. The van der Waals surface area contributed by atoms with Crippen LogP contribution in [0.15, 0.2) is 24.4 Å². The summed E-state index contributed by atoms with van der Waals surface area (Å²) in [6.07, 6.45) is 1.29. The second-order valence-electron chi connectivity index (χ2n) is 6.68. The molecule has 1 atom stereocenters. The van der Waals surface area contributed by atoms with E-state index in [1.807, 2.05) is 25.4 Å². The number of nitrogens with zero attached hydrogens (tertiary/aromatic N) is 2. The molecule has 0 aliphatic heterocycles. The van der Waals surface area contributed by atoms with Gasteiger partial charge in [0.25, 0.3) is 0 Å². The highest BCUT2D eigenvalue weighted by atomic mass is 16.3. The lowest BCUT2D eigenvalue weighted by molar-refractivity contribution is 0.217. The molecule has 2 rings (SSSR count). The Morgan fingerprint density at radius 3 is 2.15 bits per heavy atom. The van der Waals surface area contributed by atoms with E-state index in [1.54, 1.807) is 4.68 Å². The molecule has 0 radical (unpaired) electrons. The van der Waals surface area contributed by atoms with Crippen molar-refractivity contribution in [1.29, 1.82) is 0 Å². The molecule has 0 saturated heterocycles. The van der Waals surface area contributed by atoms with Gasteiger partial charge in [-0.25, -0.2) is 0 Å². The van der Waals surface area contributed by atoms with Crippen LogP contribution in [-0.4, -0.2) is 14.9 Å². The van der Waals surface area contributed by atoms with Crippen molar-refractivity contribution in [3.05, 3.63) is 52.3 Å². The van der Waals surface area contributed by atoms with E-state index < -0.39 is 6.10 Å². The van der Waals surface area contributed by atoms with E-state index in [2.05, 4.69) is 45.8 Å². The van der Waals surface area contributed by atoms with Crippen LogP contribution in [0.1, 0.15) is 54.8 Å². The normalized spacial score (nSPS) is 13.6. The fourth-order valence-electron chi connectivity index (χ4n) is 2.64. The summed E-state index contributed by atoms with van der Waals surface area (Å²) in [7, 11) is 1.90. The zero-order valence-corrected chi connectivity index (χ0v) is 13.2. The first-order valence-corrected chi connectivity index (χ1v) is 6.99. The zero-order chi connectivity index (χ0) is 15.1. The van der Waals surface area contributed by atoms with E-state index in [9.17, 15) is 5.11 Å². The number of aromatic nitrogens is 2. The van der Waals surface area contributed by atoms with Crippen LogP contribution in [0.4, 0.5) is 0 Å². The molecule has 0 saturated carbocycles. The smallest absolute Gasteiger partial charge is 0.107 e. The summed E-state index contributed by atoms with van der Waals surface area (Å²) in [6, 6.07) is 6.19. The minimum absolute atomic E-state index is 0.0869. The van der Waals surface area contributed by atoms with Gasteiger partial charge in [0.1, 0.15) is 6.10 Å². The van der Waals surface area contributed by atoms with Gasteiger partial charge in [0.2, 0.25) is 0 Å². The lowest BCUT2D eigenvalue weighted by Crippen LogP contribution is -2.16. The fourth-order valence-corrected chi connectivity index (χ4v) is 2.64. The summed E-state index contributed by atoms with van der Waals surface area (Å²) in [4.78, 5) is 0. The van der Waals surface area contributed by atoms with Crippen LogP contribution in [0.3, 0.4) is 0 Å². The van der Waals surface area contributed by atoms with Crippen molar-refractivity contribution in [3.8, 4) is 0 Å². The Morgan fingerprint density at radius 2 is 1.65 bits per heavy atom. The Hall–Kier alpha value is -1.61. The van der Waals surface area contributed by atoms with Crippen molar-refractivity contribution in [3.63, 3.8) is 0 Å². The Morgan fingerprint density at radius 1 is 1.10 bits per heavy atom. The van der Waals surface area contributed by atoms with E-state index in [1.165, 1.54) is 11.1 Å². The fraction of sp³-hybridized carbons (Fsp3) is 0.471. The van der Waals surface area contributed by atoms with Crippen LogP contribution in [-0.2, 0) is 12.5 Å². The second kappa shape index (κ2) is 5.06. The van der Waals surface area contributed by atoms with Crippen molar-refractivity contribution >= 4 is 0 Å². The third-order valence-electron chi connectivity index (χ3n) is 3.42. The molecule has 1 aromatic heterocycles. The molecule has 1 N–H and O–H groups in total. The zero-order valence-electron chi connectivity index (χ0n) is 13.2. The van der Waals surface area contributed by atoms with E-state index >= 15 is 0 Å². The average Bonchev–Trinajstić information content (AvgIpc) is 2.69. The molecule has 2 aromatic rings. The molecule has 0 amide bonds. The van der Waals surface area contributed by atoms with Crippen LogP contribution >= 0.6 is 0 Å². The van der Waals surface area contributed by atoms with Gasteiger partial charge in [-0.3, -0.25) is 4.68 Å².